The molecule has 0 unspecified atom stereocenters. The van der Waals surface area contributed by atoms with Gasteiger partial charge in [0.1, 0.15) is 31.0 Å². The summed E-state index contributed by atoms with van der Waals surface area (Å²) in [6, 6.07) is 0. The molecular formula is C26H52O7. The molecule has 0 rings (SSSR count). The first-order valence-corrected chi connectivity index (χ1v) is 13.4. The van der Waals surface area contributed by atoms with Gasteiger partial charge in [-0.1, -0.05) is 110 Å². The molecule has 0 spiro atoms. The van der Waals surface area contributed by atoms with Crippen LogP contribution >= 0.6 is 0 Å². The second-order valence-corrected chi connectivity index (χ2v) is 9.39. The van der Waals surface area contributed by atoms with E-state index in [1.165, 1.54) is 89.9 Å². The average Bonchev–Trinajstić information content (AvgIpc) is 2.82. The summed E-state index contributed by atoms with van der Waals surface area (Å²) in [5, 5.41) is 46.9. The number of esters is 1. The first kappa shape index (κ1) is 32.3. The summed E-state index contributed by atoms with van der Waals surface area (Å²) in [7, 11) is 0. The maximum Gasteiger partial charge on any atom is 0.305 e. The average molecular weight is 477 g/mol. The van der Waals surface area contributed by atoms with Crippen LogP contribution in [0.1, 0.15) is 122 Å². The number of aliphatic hydroxyl groups excluding tert-OH is 5. The molecule has 0 aliphatic carbocycles. The third-order valence-corrected chi connectivity index (χ3v) is 6.22. The van der Waals surface area contributed by atoms with Gasteiger partial charge in [-0.3, -0.25) is 4.79 Å². The molecule has 198 valence electrons. The van der Waals surface area contributed by atoms with Gasteiger partial charge in [0, 0.05) is 6.42 Å². The second kappa shape index (κ2) is 23.0. The third-order valence-electron chi connectivity index (χ3n) is 6.22. The van der Waals surface area contributed by atoms with Crippen LogP contribution in [0.4, 0.5) is 0 Å². The molecule has 33 heavy (non-hydrogen) atoms. The highest BCUT2D eigenvalue weighted by atomic mass is 16.5. The van der Waals surface area contributed by atoms with Gasteiger partial charge in [-0.2, -0.15) is 0 Å². The number of carbonyl (C=O) groups excluding carboxylic acids is 1. The van der Waals surface area contributed by atoms with Gasteiger partial charge >= 0.3 is 5.97 Å². The lowest BCUT2D eigenvalue weighted by atomic mass is 10.0. The SMILES string of the molecule is CCCCCCCCCCCCCCCCCCCC(=O)OC[C@@H](O)[C@@H](O)[C@H](O)[C@H](O)CO. The lowest BCUT2D eigenvalue weighted by molar-refractivity contribution is -0.156. The van der Waals surface area contributed by atoms with E-state index in [0.717, 1.165) is 19.3 Å². The van der Waals surface area contributed by atoms with Gasteiger partial charge in [0.05, 0.1) is 6.61 Å². The number of aliphatic hydroxyl groups is 5. The summed E-state index contributed by atoms with van der Waals surface area (Å²) in [6.07, 6.45) is 15.4. The van der Waals surface area contributed by atoms with Crippen LogP contribution in [0.25, 0.3) is 0 Å². The zero-order chi connectivity index (χ0) is 24.7. The Morgan fingerprint density at radius 1 is 0.606 bits per heavy atom. The minimum Gasteiger partial charge on any atom is -0.463 e. The molecule has 0 aromatic rings. The van der Waals surface area contributed by atoms with Crippen molar-refractivity contribution in [3.8, 4) is 0 Å². The molecule has 0 bridgehead atoms. The van der Waals surface area contributed by atoms with Crippen molar-refractivity contribution in [1.82, 2.24) is 0 Å². The van der Waals surface area contributed by atoms with Crippen molar-refractivity contribution in [3.05, 3.63) is 0 Å². The Hall–Kier alpha value is -0.730. The fourth-order valence-corrected chi connectivity index (χ4v) is 3.91. The Morgan fingerprint density at radius 2 is 0.970 bits per heavy atom. The molecule has 4 atom stereocenters. The molecule has 0 radical (unpaired) electrons. The second-order valence-electron chi connectivity index (χ2n) is 9.39. The Kier molecular flexibility index (Phi) is 22.5. The van der Waals surface area contributed by atoms with E-state index in [2.05, 4.69) is 6.92 Å². The normalized spacial score (nSPS) is 15.2. The zero-order valence-electron chi connectivity index (χ0n) is 21.0. The maximum atomic E-state index is 11.7. The molecule has 5 N–H and O–H groups in total. The third kappa shape index (κ3) is 19.3. The summed E-state index contributed by atoms with van der Waals surface area (Å²) >= 11 is 0. The molecule has 0 heterocycles. The monoisotopic (exact) mass is 476 g/mol. The van der Waals surface area contributed by atoms with Gasteiger partial charge in [-0.15, -0.1) is 0 Å². The molecule has 0 aliphatic heterocycles. The number of hydrogen-bond acceptors (Lipinski definition) is 7. The maximum absolute atomic E-state index is 11.7. The Labute approximate surface area is 201 Å². The van der Waals surface area contributed by atoms with Crippen LogP contribution in [0.5, 0.6) is 0 Å². The highest BCUT2D eigenvalue weighted by molar-refractivity contribution is 5.69. The van der Waals surface area contributed by atoms with E-state index in [9.17, 15) is 25.2 Å². The summed E-state index contributed by atoms with van der Waals surface area (Å²) in [5.74, 6) is -0.459. The van der Waals surface area contributed by atoms with E-state index in [-0.39, 0.29) is 6.42 Å². The van der Waals surface area contributed by atoms with Crippen molar-refractivity contribution in [2.24, 2.45) is 0 Å². The van der Waals surface area contributed by atoms with Crippen LogP contribution in [0.15, 0.2) is 0 Å². The first-order chi connectivity index (χ1) is 15.9. The van der Waals surface area contributed by atoms with Crippen molar-refractivity contribution in [2.45, 2.75) is 147 Å². The van der Waals surface area contributed by atoms with Crippen molar-refractivity contribution >= 4 is 5.97 Å². The van der Waals surface area contributed by atoms with Gasteiger partial charge in [0.15, 0.2) is 0 Å². The fraction of sp³-hybridized carbons (Fsp3) is 0.962. The molecule has 7 nitrogen and oxygen atoms in total. The lowest BCUT2D eigenvalue weighted by Crippen LogP contribution is -2.47. The van der Waals surface area contributed by atoms with Crippen LogP contribution in [0.2, 0.25) is 0 Å². The van der Waals surface area contributed by atoms with E-state index in [4.69, 9.17) is 9.84 Å². The predicted molar refractivity (Wildman–Crippen MR) is 131 cm³/mol. The molecule has 7 heteroatoms. The molecule has 0 aromatic heterocycles. The number of carbonyl (C=O) groups is 1. The lowest BCUT2D eigenvalue weighted by Gasteiger charge is -2.25. The standard InChI is InChI=1S/C26H52O7/c1-2-3-4-5-6-7-8-9-10-11-12-13-14-15-16-17-18-19-24(30)33-21-23(29)26(32)25(31)22(28)20-27/h22-23,25-29,31-32H,2-21H2,1H3/t22-,23-,25-,26-/m1/s1. The molecule has 0 fully saturated rings. The van der Waals surface area contributed by atoms with Crippen molar-refractivity contribution < 1.29 is 35.1 Å². The number of rotatable bonds is 24. The largest absolute Gasteiger partial charge is 0.463 e. The molecule has 0 saturated heterocycles. The van der Waals surface area contributed by atoms with Gasteiger partial charge < -0.3 is 30.3 Å². The minimum absolute atomic E-state index is 0.253. The first-order valence-electron chi connectivity index (χ1n) is 13.4. The molecule has 0 saturated carbocycles. The summed E-state index contributed by atoms with van der Waals surface area (Å²) in [5.41, 5.74) is 0. The highest BCUT2D eigenvalue weighted by Gasteiger charge is 2.30. The minimum atomic E-state index is -1.71. The molecule has 0 aliphatic rings. The number of unbranched alkanes of at least 4 members (excludes halogenated alkanes) is 16. The summed E-state index contributed by atoms with van der Waals surface area (Å²) in [6.45, 7) is 1.05. The molecule has 0 aromatic carbocycles. The van der Waals surface area contributed by atoms with Crippen LogP contribution in [0, 0.1) is 0 Å². The Morgan fingerprint density at radius 3 is 1.36 bits per heavy atom. The van der Waals surface area contributed by atoms with Crippen LogP contribution < -0.4 is 0 Å². The quantitative estimate of drug-likeness (QED) is 0.105. The van der Waals surface area contributed by atoms with Crippen LogP contribution in [-0.4, -0.2) is 69.1 Å². The molecular weight excluding hydrogens is 424 g/mol. The van der Waals surface area contributed by atoms with Gasteiger partial charge in [-0.05, 0) is 6.42 Å². The number of hydrogen-bond donors (Lipinski definition) is 5. The van der Waals surface area contributed by atoms with Gasteiger partial charge in [0.25, 0.3) is 0 Å². The highest BCUT2D eigenvalue weighted by Crippen LogP contribution is 2.14. The van der Waals surface area contributed by atoms with E-state index in [0.29, 0.717) is 0 Å². The van der Waals surface area contributed by atoms with E-state index < -0.39 is 43.6 Å². The van der Waals surface area contributed by atoms with Crippen molar-refractivity contribution in [2.75, 3.05) is 13.2 Å². The van der Waals surface area contributed by atoms with E-state index in [1.807, 2.05) is 0 Å². The fourth-order valence-electron chi connectivity index (χ4n) is 3.91. The predicted octanol–water partition coefficient (Wildman–Crippen LogP) is 4.01. The zero-order valence-corrected chi connectivity index (χ0v) is 21.0. The van der Waals surface area contributed by atoms with Crippen molar-refractivity contribution in [3.63, 3.8) is 0 Å². The molecule has 0 amide bonds. The van der Waals surface area contributed by atoms with Crippen molar-refractivity contribution in [1.29, 1.82) is 0 Å². The number of ether oxygens (including phenoxy) is 1. The summed E-state index contributed by atoms with van der Waals surface area (Å²) in [4.78, 5) is 11.7. The van der Waals surface area contributed by atoms with E-state index in [1.54, 1.807) is 0 Å². The Bertz CT molecular complexity index is 433. The van der Waals surface area contributed by atoms with Crippen LogP contribution in [0.3, 0.4) is 0 Å². The van der Waals surface area contributed by atoms with E-state index >= 15 is 0 Å². The topological polar surface area (TPSA) is 127 Å². The van der Waals surface area contributed by atoms with Gasteiger partial charge in [0.2, 0.25) is 0 Å². The summed E-state index contributed by atoms with van der Waals surface area (Å²) < 4.78 is 4.91. The smallest absolute Gasteiger partial charge is 0.305 e. The van der Waals surface area contributed by atoms with Gasteiger partial charge in [-0.25, -0.2) is 0 Å². The van der Waals surface area contributed by atoms with Crippen LogP contribution in [-0.2, 0) is 9.53 Å². The Balaban J connectivity index is 3.42.